The van der Waals surface area contributed by atoms with E-state index in [-0.39, 0.29) is 58.8 Å². The van der Waals surface area contributed by atoms with Crippen molar-refractivity contribution in [3.05, 3.63) is 20.1 Å². The topological polar surface area (TPSA) is 0 Å². The molecule has 34 heavy (non-hydrogen) atoms. The van der Waals surface area contributed by atoms with Crippen molar-refractivity contribution in [1.29, 1.82) is 0 Å². The van der Waals surface area contributed by atoms with E-state index in [2.05, 4.69) is 33.9 Å². The SMILES string of the molecule is C.C=C.CC.CC.CC.[CH2-]CCC1CCC2C3CCC4CC(CCCC)CCC4C3CC12C.[K+]. The van der Waals surface area contributed by atoms with Gasteiger partial charge >= 0.3 is 51.4 Å². The van der Waals surface area contributed by atoms with E-state index in [9.17, 15) is 0 Å². The van der Waals surface area contributed by atoms with Crippen molar-refractivity contribution < 1.29 is 51.4 Å². The first-order valence-electron chi connectivity index (χ1n) is 15.0. The fraction of sp³-hybridized carbons (Fsp3) is 0.909. The van der Waals surface area contributed by atoms with E-state index in [1.807, 2.05) is 41.5 Å². The molecular formula is C33H67K. The van der Waals surface area contributed by atoms with E-state index in [1.165, 1.54) is 32.1 Å². The third-order valence-corrected chi connectivity index (χ3v) is 9.44. The van der Waals surface area contributed by atoms with E-state index in [0.29, 0.717) is 5.41 Å². The first kappa shape index (κ1) is 39.9. The molecule has 0 bridgehead atoms. The second-order valence-electron chi connectivity index (χ2n) is 10.4. The van der Waals surface area contributed by atoms with Crippen molar-refractivity contribution in [2.45, 2.75) is 146 Å². The van der Waals surface area contributed by atoms with Crippen LogP contribution in [0.3, 0.4) is 0 Å². The second-order valence-corrected chi connectivity index (χ2v) is 10.4. The average Bonchev–Trinajstić information content (AvgIpc) is 3.34. The smallest absolute Gasteiger partial charge is 0.343 e. The Labute approximate surface area is 262 Å². The molecule has 0 aromatic heterocycles. The van der Waals surface area contributed by atoms with Crippen LogP contribution in [0.5, 0.6) is 0 Å². The molecule has 0 aromatic rings. The summed E-state index contributed by atoms with van der Waals surface area (Å²) in [6.07, 6.45) is 19.5. The minimum Gasteiger partial charge on any atom is -0.343 e. The van der Waals surface area contributed by atoms with Gasteiger partial charge in [0, 0.05) is 0 Å². The van der Waals surface area contributed by atoms with Gasteiger partial charge in [0.2, 0.25) is 0 Å². The summed E-state index contributed by atoms with van der Waals surface area (Å²) in [6.45, 7) is 27.2. The molecule has 8 unspecified atom stereocenters. The second kappa shape index (κ2) is 22.4. The Hall–Kier alpha value is 1.38. The Morgan fingerprint density at radius 3 is 1.94 bits per heavy atom. The summed E-state index contributed by atoms with van der Waals surface area (Å²) in [5.41, 5.74) is 0.695. The monoisotopic (exact) mass is 502 g/mol. The molecule has 4 rings (SSSR count). The molecule has 0 aliphatic heterocycles. The summed E-state index contributed by atoms with van der Waals surface area (Å²) < 4.78 is 0. The van der Waals surface area contributed by atoms with Crippen LogP contribution in [0.25, 0.3) is 0 Å². The zero-order valence-electron chi connectivity index (χ0n) is 24.9. The van der Waals surface area contributed by atoms with E-state index in [4.69, 9.17) is 0 Å². The van der Waals surface area contributed by atoms with Gasteiger partial charge in [-0.25, -0.2) is 0 Å². The maximum Gasteiger partial charge on any atom is 1.00 e. The molecular weight excluding hydrogens is 435 g/mol. The van der Waals surface area contributed by atoms with Crippen molar-refractivity contribution in [2.75, 3.05) is 0 Å². The van der Waals surface area contributed by atoms with Crippen LogP contribution in [0.1, 0.15) is 146 Å². The number of hydrogen-bond donors (Lipinski definition) is 0. The number of fused-ring (bicyclic) bond motifs is 5. The summed E-state index contributed by atoms with van der Waals surface area (Å²) in [4.78, 5) is 0. The van der Waals surface area contributed by atoms with Gasteiger partial charge in [-0.2, -0.15) is 6.42 Å². The van der Waals surface area contributed by atoms with E-state index in [1.54, 1.807) is 44.9 Å². The van der Waals surface area contributed by atoms with Crippen LogP contribution >= 0.6 is 0 Å². The molecule has 200 valence electrons. The molecule has 0 N–H and O–H groups in total. The molecule has 0 spiro atoms. The Morgan fingerprint density at radius 1 is 0.794 bits per heavy atom. The number of hydrogen-bond acceptors (Lipinski definition) is 0. The minimum absolute atomic E-state index is 0. The standard InChI is InChI=1S/C24H41.3C2H6.C2H4.CH4.K/c1-4-6-8-17-9-12-20-18(15-17)10-13-21-22(20)16-24(3)19(7-5-2)11-14-23(21)24;4*1-2;;/h17-23H,2,4-16H2,1,3H3;3*1-2H3;1-2H2;1H4;/q-1;;;;;;+1. The summed E-state index contributed by atoms with van der Waals surface area (Å²) >= 11 is 0. The Bertz CT molecular complexity index is 446. The van der Waals surface area contributed by atoms with E-state index >= 15 is 0 Å². The largest absolute Gasteiger partial charge is 1.00 e. The van der Waals surface area contributed by atoms with E-state index < -0.39 is 0 Å². The molecule has 0 saturated heterocycles. The fourth-order valence-electron chi connectivity index (χ4n) is 8.37. The summed E-state index contributed by atoms with van der Waals surface area (Å²) in [5.74, 6) is 7.61. The van der Waals surface area contributed by atoms with Crippen LogP contribution < -0.4 is 51.4 Å². The predicted octanol–water partition coefficient (Wildman–Crippen LogP) is 8.81. The third kappa shape index (κ3) is 9.60. The fourth-order valence-corrected chi connectivity index (χ4v) is 8.37. The molecule has 0 aromatic carbocycles. The van der Waals surface area contributed by atoms with Crippen molar-refractivity contribution in [1.82, 2.24) is 0 Å². The van der Waals surface area contributed by atoms with Gasteiger partial charge in [-0.1, -0.05) is 94.9 Å². The molecule has 4 fully saturated rings. The normalized spacial score (nSPS) is 36.2. The minimum atomic E-state index is 0. The van der Waals surface area contributed by atoms with Gasteiger partial charge in [0.1, 0.15) is 0 Å². The molecule has 0 nitrogen and oxygen atoms in total. The van der Waals surface area contributed by atoms with Crippen molar-refractivity contribution in [3.8, 4) is 0 Å². The van der Waals surface area contributed by atoms with Crippen LogP contribution in [-0.4, -0.2) is 0 Å². The predicted molar refractivity (Wildman–Crippen MR) is 156 cm³/mol. The van der Waals surface area contributed by atoms with Crippen molar-refractivity contribution in [2.24, 2.45) is 46.8 Å². The molecule has 1 heteroatoms. The molecule has 0 heterocycles. The van der Waals surface area contributed by atoms with Gasteiger partial charge in [-0.3, -0.25) is 0 Å². The first-order valence-corrected chi connectivity index (χ1v) is 15.0. The van der Waals surface area contributed by atoms with Gasteiger partial charge in [0.05, 0.1) is 0 Å². The quantitative estimate of drug-likeness (QED) is 0.200. The van der Waals surface area contributed by atoms with Gasteiger partial charge < -0.3 is 6.92 Å². The molecule has 4 saturated carbocycles. The molecule has 0 amide bonds. The van der Waals surface area contributed by atoms with Crippen molar-refractivity contribution in [3.63, 3.8) is 0 Å². The van der Waals surface area contributed by atoms with Gasteiger partial charge in [0.15, 0.2) is 0 Å². The number of unbranched alkanes of at least 4 members (excludes halogenated alkanes) is 1. The van der Waals surface area contributed by atoms with Crippen LogP contribution in [0.2, 0.25) is 0 Å². The number of rotatable bonds is 5. The zero-order valence-corrected chi connectivity index (χ0v) is 28.0. The zero-order chi connectivity index (χ0) is 24.7. The Kier molecular flexibility index (Phi) is 26.2. The van der Waals surface area contributed by atoms with Crippen molar-refractivity contribution >= 4 is 0 Å². The van der Waals surface area contributed by atoms with Gasteiger partial charge in [-0.15, -0.1) is 13.2 Å². The summed E-state index contributed by atoms with van der Waals surface area (Å²) in [6, 6.07) is 0. The average molecular weight is 503 g/mol. The summed E-state index contributed by atoms with van der Waals surface area (Å²) in [7, 11) is 0. The van der Waals surface area contributed by atoms with Crippen LogP contribution in [-0.2, 0) is 0 Å². The van der Waals surface area contributed by atoms with Gasteiger partial charge in [0.25, 0.3) is 0 Å². The first-order chi connectivity index (χ1) is 15.7. The van der Waals surface area contributed by atoms with Crippen LogP contribution in [0.4, 0.5) is 0 Å². The Balaban J connectivity index is -0.000000876. The molecule has 4 aliphatic carbocycles. The molecule has 8 atom stereocenters. The van der Waals surface area contributed by atoms with E-state index in [0.717, 1.165) is 47.8 Å². The van der Waals surface area contributed by atoms with Crippen LogP contribution in [0.15, 0.2) is 13.2 Å². The van der Waals surface area contributed by atoms with Crippen LogP contribution in [0, 0.1) is 53.8 Å². The molecule has 4 aliphatic rings. The third-order valence-electron chi connectivity index (χ3n) is 9.44. The summed E-state index contributed by atoms with van der Waals surface area (Å²) in [5, 5.41) is 0. The van der Waals surface area contributed by atoms with Gasteiger partial charge in [-0.05, 0) is 91.8 Å². The maximum absolute atomic E-state index is 4.18. The molecule has 0 radical (unpaired) electrons. The maximum atomic E-state index is 4.18. The Morgan fingerprint density at radius 2 is 1.38 bits per heavy atom.